The lowest BCUT2D eigenvalue weighted by Gasteiger charge is -2.08. The summed E-state index contributed by atoms with van der Waals surface area (Å²) < 4.78 is 10.5. The summed E-state index contributed by atoms with van der Waals surface area (Å²) in [5.74, 6) is 1.40. The van der Waals surface area contributed by atoms with Gasteiger partial charge in [-0.25, -0.2) is 9.97 Å². The van der Waals surface area contributed by atoms with Crippen molar-refractivity contribution in [3.8, 4) is 17.4 Å². The minimum absolute atomic E-state index is 0.284. The molecule has 0 fully saturated rings. The molecule has 0 amide bonds. The van der Waals surface area contributed by atoms with Crippen molar-refractivity contribution in [2.45, 2.75) is 0 Å². The maximum Gasteiger partial charge on any atom is 0.241 e. The molecule has 6 heteroatoms. The molecule has 0 bridgehead atoms. The third-order valence-corrected chi connectivity index (χ3v) is 2.31. The number of benzene rings is 1. The number of nitrogens with zero attached hydrogens (tertiary/aromatic N) is 2. The van der Waals surface area contributed by atoms with E-state index in [-0.39, 0.29) is 5.88 Å². The fourth-order valence-corrected chi connectivity index (χ4v) is 1.41. The summed E-state index contributed by atoms with van der Waals surface area (Å²) in [6.45, 7) is 0. The SMILES string of the molecule is COc1ccc(Oc2ncncc2Cl)cc1N. The van der Waals surface area contributed by atoms with Crippen LogP contribution in [-0.2, 0) is 0 Å². The van der Waals surface area contributed by atoms with E-state index in [2.05, 4.69) is 9.97 Å². The lowest BCUT2D eigenvalue weighted by Crippen LogP contribution is -1.94. The molecule has 1 heterocycles. The lowest BCUT2D eigenvalue weighted by molar-refractivity contribution is 0.414. The standard InChI is InChI=1S/C11H10ClN3O2/c1-16-10-3-2-7(4-9(10)13)17-11-8(12)5-14-6-15-11/h2-6H,13H2,1H3. The monoisotopic (exact) mass is 251 g/mol. The number of nitrogen functional groups attached to an aromatic ring is 1. The normalized spacial score (nSPS) is 10.0. The van der Waals surface area contributed by atoms with E-state index in [4.69, 9.17) is 26.8 Å². The van der Waals surface area contributed by atoms with Gasteiger partial charge < -0.3 is 15.2 Å². The molecule has 2 rings (SSSR count). The van der Waals surface area contributed by atoms with Gasteiger partial charge >= 0.3 is 0 Å². The van der Waals surface area contributed by atoms with Crippen molar-refractivity contribution in [2.75, 3.05) is 12.8 Å². The fraction of sp³-hybridized carbons (Fsp3) is 0.0909. The average Bonchev–Trinajstić information content (AvgIpc) is 2.32. The second-order valence-electron chi connectivity index (χ2n) is 3.18. The second-order valence-corrected chi connectivity index (χ2v) is 3.59. The zero-order chi connectivity index (χ0) is 12.3. The minimum Gasteiger partial charge on any atom is -0.495 e. The van der Waals surface area contributed by atoms with Gasteiger partial charge in [0.1, 0.15) is 22.8 Å². The van der Waals surface area contributed by atoms with Crippen LogP contribution in [0, 0.1) is 0 Å². The Bertz CT molecular complexity index is 534. The van der Waals surface area contributed by atoms with E-state index < -0.39 is 0 Å². The van der Waals surface area contributed by atoms with Crippen LogP contribution in [0.3, 0.4) is 0 Å². The molecule has 1 aromatic carbocycles. The summed E-state index contributed by atoms with van der Waals surface area (Å²) in [7, 11) is 1.55. The van der Waals surface area contributed by atoms with Crippen LogP contribution in [0.15, 0.2) is 30.7 Å². The number of hydrogen-bond acceptors (Lipinski definition) is 5. The van der Waals surface area contributed by atoms with Crippen molar-refractivity contribution in [3.63, 3.8) is 0 Å². The maximum atomic E-state index is 5.87. The number of nitrogens with two attached hydrogens (primary N) is 1. The number of aromatic nitrogens is 2. The van der Waals surface area contributed by atoms with Crippen LogP contribution in [-0.4, -0.2) is 17.1 Å². The van der Waals surface area contributed by atoms with Gasteiger partial charge in [0.05, 0.1) is 19.0 Å². The van der Waals surface area contributed by atoms with Crippen molar-refractivity contribution < 1.29 is 9.47 Å². The van der Waals surface area contributed by atoms with E-state index in [1.165, 1.54) is 12.5 Å². The van der Waals surface area contributed by atoms with Crippen LogP contribution >= 0.6 is 11.6 Å². The largest absolute Gasteiger partial charge is 0.495 e. The molecule has 2 aromatic rings. The van der Waals surface area contributed by atoms with Gasteiger partial charge in [0.15, 0.2) is 0 Å². The highest BCUT2D eigenvalue weighted by molar-refractivity contribution is 6.31. The molecule has 0 unspecified atom stereocenters. The van der Waals surface area contributed by atoms with E-state index in [0.29, 0.717) is 22.2 Å². The molecular formula is C11H10ClN3O2. The Kier molecular flexibility index (Phi) is 3.30. The number of anilines is 1. The minimum atomic E-state index is 0.284. The highest BCUT2D eigenvalue weighted by Crippen LogP contribution is 2.30. The maximum absolute atomic E-state index is 5.87. The van der Waals surface area contributed by atoms with E-state index in [0.717, 1.165) is 0 Å². The third-order valence-electron chi connectivity index (χ3n) is 2.05. The molecule has 2 N–H and O–H groups in total. The Morgan fingerprint density at radius 1 is 1.35 bits per heavy atom. The van der Waals surface area contributed by atoms with E-state index >= 15 is 0 Å². The van der Waals surface area contributed by atoms with Gasteiger partial charge in [0, 0.05) is 6.07 Å². The highest BCUT2D eigenvalue weighted by atomic mass is 35.5. The molecule has 0 spiro atoms. The topological polar surface area (TPSA) is 70.3 Å². The Morgan fingerprint density at radius 2 is 2.18 bits per heavy atom. The third kappa shape index (κ3) is 2.57. The van der Waals surface area contributed by atoms with Gasteiger partial charge in [-0.05, 0) is 12.1 Å². The molecule has 0 aliphatic heterocycles. The Labute approximate surface area is 103 Å². The molecule has 0 aliphatic carbocycles. The smallest absolute Gasteiger partial charge is 0.241 e. The number of methoxy groups -OCH3 is 1. The molecule has 1 aromatic heterocycles. The van der Waals surface area contributed by atoms with Crippen molar-refractivity contribution in [1.82, 2.24) is 9.97 Å². The quantitative estimate of drug-likeness (QED) is 0.849. The van der Waals surface area contributed by atoms with Crippen molar-refractivity contribution in [2.24, 2.45) is 0 Å². The van der Waals surface area contributed by atoms with Crippen LogP contribution in [0.5, 0.6) is 17.4 Å². The molecule has 0 saturated carbocycles. The zero-order valence-electron chi connectivity index (χ0n) is 9.05. The summed E-state index contributed by atoms with van der Waals surface area (Å²) >= 11 is 5.87. The van der Waals surface area contributed by atoms with E-state index in [9.17, 15) is 0 Å². The molecule has 5 nitrogen and oxygen atoms in total. The van der Waals surface area contributed by atoms with Crippen LogP contribution in [0.1, 0.15) is 0 Å². The summed E-state index contributed by atoms with van der Waals surface area (Å²) in [5, 5.41) is 0.335. The molecule has 88 valence electrons. The molecular weight excluding hydrogens is 242 g/mol. The molecule has 0 atom stereocenters. The van der Waals surface area contributed by atoms with Crippen molar-refractivity contribution in [1.29, 1.82) is 0 Å². The molecule has 0 saturated heterocycles. The Morgan fingerprint density at radius 3 is 2.82 bits per heavy atom. The van der Waals surface area contributed by atoms with Gasteiger partial charge in [-0.1, -0.05) is 11.6 Å². The number of ether oxygens (including phenoxy) is 2. The molecule has 17 heavy (non-hydrogen) atoms. The van der Waals surface area contributed by atoms with Gasteiger partial charge in [-0.3, -0.25) is 0 Å². The van der Waals surface area contributed by atoms with Gasteiger partial charge in [0.2, 0.25) is 5.88 Å². The fourth-order valence-electron chi connectivity index (χ4n) is 1.26. The molecule has 0 aliphatic rings. The summed E-state index contributed by atoms with van der Waals surface area (Å²) in [6, 6.07) is 5.06. The predicted molar refractivity (Wildman–Crippen MR) is 64.5 cm³/mol. The lowest BCUT2D eigenvalue weighted by atomic mass is 10.3. The van der Waals surface area contributed by atoms with E-state index in [1.807, 2.05) is 0 Å². The summed E-state index contributed by atoms with van der Waals surface area (Å²) in [4.78, 5) is 7.67. The van der Waals surface area contributed by atoms with Gasteiger partial charge in [-0.15, -0.1) is 0 Å². The van der Waals surface area contributed by atoms with Crippen LogP contribution < -0.4 is 15.2 Å². The molecule has 0 radical (unpaired) electrons. The number of rotatable bonds is 3. The van der Waals surface area contributed by atoms with Crippen LogP contribution in [0.4, 0.5) is 5.69 Å². The number of halogens is 1. The predicted octanol–water partition coefficient (Wildman–Crippen LogP) is 2.51. The van der Waals surface area contributed by atoms with Crippen LogP contribution in [0.2, 0.25) is 5.02 Å². The van der Waals surface area contributed by atoms with Gasteiger partial charge in [0.25, 0.3) is 0 Å². The van der Waals surface area contributed by atoms with Crippen molar-refractivity contribution >= 4 is 17.3 Å². The second kappa shape index (κ2) is 4.88. The first-order valence-corrected chi connectivity index (χ1v) is 5.15. The first-order valence-electron chi connectivity index (χ1n) is 4.77. The average molecular weight is 252 g/mol. The Balaban J connectivity index is 2.25. The first-order chi connectivity index (χ1) is 8.20. The summed E-state index contributed by atoms with van der Waals surface area (Å²) in [5.41, 5.74) is 6.23. The number of hydrogen-bond donors (Lipinski definition) is 1. The van der Waals surface area contributed by atoms with Crippen molar-refractivity contribution in [3.05, 3.63) is 35.7 Å². The summed E-state index contributed by atoms with van der Waals surface area (Å²) in [6.07, 6.45) is 2.81. The first kappa shape index (κ1) is 11.5. The Hall–Kier alpha value is -2.01. The highest BCUT2D eigenvalue weighted by Gasteiger charge is 2.06. The van der Waals surface area contributed by atoms with Crippen LogP contribution in [0.25, 0.3) is 0 Å². The van der Waals surface area contributed by atoms with E-state index in [1.54, 1.807) is 25.3 Å². The zero-order valence-corrected chi connectivity index (χ0v) is 9.81. The van der Waals surface area contributed by atoms with Gasteiger partial charge in [-0.2, -0.15) is 0 Å².